The van der Waals surface area contributed by atoms with Crippen LogP contribution in [0.25, 0.3) is 0 Å². The molecule has 0 fully saturated rings. The Morgan fingerprint density at radius 1 is 1.25 bits per heavy atom. The van der Waals surface area contributed by atoms with Crippen LogP contribution in [0.5, 0.6) is 0 Å². The molecule has 16 heavy (non-hydrogen) atoms. The SMILES string of the molecule is CCCC(=O)NC[C@@H](O)COC(=O)CCC. The summed E-state index contributed by atoms with van der Waals surface area (Å²) in [5, 5.41) is 12.0. The van der Waals surface area contributed by atoms with Gasteiger partial charge in [0, 0.05) is 19.4 Å². The van der Waals surface area contributed by atoms with E-state index in [4.69, 9.17) is 4.74 Å². The van der Waals surface area contributed by atoms with Gasteiger partial charge in [0.25, 0.3) is 0 Å². The standard InChI is InChI=1S/C11H21NO4/c1-3-5-10(14)12-7-9(13)8-16-11(15)6-4-2/h9,13H,3-8H2,1-2H3,(H,12,14)/t9-/m1/s1. The molecule has 0 rings (SSSR count). The highest BCUT2D eigenvalue weighted by atomic mass is 16.5. The molecule has 0 radical (unpaired) electrons. The molecule has 0 aromatic rings. The van der Waals surface area contributed by atoms with Crippen LogP contribution in [0.2, 0.25) is 0 Å². The van der Waals surface area contributed by atoms with Crippen molar-refractivity contribution >= 4 is 11.9 Å². The zero-order valence-corrected chi connectivity index (χ0v) is 9.99. The highest BCUT2D eigenvalue weighted by molar-refractivity contribution is 5.75. The monoisotopic (exact) mass is 231 g/mol. The first-order valence-electron chi connectivity index (χ1n) is 5.70. The van der Waals surface area contributed by atoms with Gasteiger partial charge in [-0.25, -0.2) is 0 Å². The van der Waals surface area contributed by atoms with Crippen LogP contribution in [-0.4, -0.2) is 36.2 Å². The number of amides is 1. The Morgan fingerprint density at radius 2 is 1.88 bits per heavy atom. The van der Waals surface area contributed by atoms with Crippen molar-refractivity contribution in [3.05, 3.63) is 0 Å². The van der Waals surface area contributed by atoms with Crippen molar-refractivity contribution in [1.29, 1.82) is 0 Å². The number of aliphatic hydroxyl groups excluding tert-OH is 1. The smallest absolute Gasteiger partial charge is 0.305 e. The number of esters is 1. The minimum Gasteiger partial charge on any atom is -0.463 e. The van der Waals surface area contributed by atoms with Crippen molar-refractivity contribution in [1.82, 2.24) is 5.32 Å². The molecular weight excluding hydrogens is 210 g/mol. The maximum absolute atomic E-state index is 11.1. The Bertz CT molecular complexity index is 196. The van der Waals surface area contributed by atoms with Gasteiger partial charge in [0.2, 0.25) is 5.91 Å². The molecule has 0 bridgehead atoms. The van der Waals surface area contributed by atoms with Gasteiger partial charge in [-0.05, 0) is 12.8 Å². The number of hydrogen-bond acceptors (Lipinski definition) is 4. The first kappa shape index (κ1) is 14.9. The molecule has 5 nitrogen and oxygen atoms in total. The first-order chi connectivity index (χ1) is 7.60. The lowest BCUT2D eigenvalue weighted by molar-refractivity contribution is -0.146. The first-order valence-corrected chi connectivity index (χ1v) is 5.70. The Kier molecular flexibility index (Phi) is 8.52. The molecule has 0 heterocycles. The molecule has 0 saturated carbocycles. The van der Waals surface area contributed by atoms with Crippen LogP contribution in [0.3, 0.4) is 0 Å². The van der Waals surface area contributed by atoms with Gasteiger partial charge in [-0.15, -0.1) is 0 Å². The number of aliphatic hydroxyl groups is 1. The molecule has 5 heteroatoms. The zero-order chi connectivity index (χ0) is 12.4. The van der Waals surface area contributed by atoms with E-state index in [-0.39, 0.29) is 25.0 Å². The van der Waals surface area contributed by atoms with Crippen LogP contribution in [0.15, 0.2) is 0 Å². The predicted molar refractivity (Wildman–Crippen MR) is 59.8 cm³/mol. The van der Waals surface area contributed by atoms with E-state index in [2.05, 4.69) is 5.32 Å². The number of ether oxygens (including phenoxy) is 1. The third kappa shape index (κ3) is 8.23. The van der Waals surface area contributed by atoms with E-state index in [1.165, 1.54) is 0 Å². The van der Waals surface area contributed by atoms with Gasteiger partial charge in [-0.3, -0.25) is 9.59 Å². The van der Waals surface area contributed by atoms with Crippen LogP contribution < -0.4 is 5.32 Å². The quantitative estimate of drug-likeness (QED) is 0.600. The summed E-state index contributed by atoms with van der Waals surface area (Å²) >= 11 is 0. The third-order valence-electron chi connectivity index (χ3n) is 1.90. The van der Waals surface area contributed by atoms with Gasteiger partial charge < -0.3 is 15.2 Å². The Labute approximate surface area is 96.2 Å². The largest absolute Gasteiger partial charge is 0.463 e. The van der Waals surface area contributed by atoms with E-state index in [9.17, 15) is 14.7 Å². The summed E-state index contributed by atoms with van der Waals surface area (Å²) in [6, 6.07) is 0. The second kappa shape index (κ2) is 9.15. The fourth-order valence-corrected chi connectivity index (χ4v) is 1.07. The Balaban J connectivity index is 3.54. The zero-order valence-electron chi connectivity index (χ0n) is 9.99. The maximum atomic E-state index is 11.1. The minimum absolute atomic E-state index is 0.0642. The Hall–Kier alpha value is -1.10. The van der Waals surface area contributed by atoms with Crippen LogP contribution in [-0.2, 0) is 14.3 Å². The second-order valence-corrected chi connectivity index (χ2v) is 3.64. The molecule has 0 spiro atoms. The van der Waals surface area contributed by atoms with Crippen molar-refractivity contribution in [2.45, 2.75) is 45.6 Å². The lowest BCUT2D eigenvalue weighted by atomic mass is 10.3. The average Bonchev–Trinajstić information content (AvgIpc) is 2.24. The molecule has 1 atom stereocenters. The normalized spacial score (nSPS) is 11.9. The topological polar surface area (TPSA) is 75.6 Å². The number of nitrogens with one attached hydrogen (secondary N) is 1. The van der Waals surface area contributed by atoms with Crippen molar-refractivity contribution in [3.8, 4) is 0 Å². The molecule has 0 saturated heterocycles. The van der Waals surface area contributed by atoms with E-state index >= 15 is 0 Å². The van der Waals surface area contributed by atoms with Crippen molar-refractivity contribution in [2.75, 3.05) is 13.2 Å². The highest BCUT2D eigenvalue weighted by Gasteiger charge is 2.09. The van der Waals surface area contributed by atoms with E-state index in [0.29, 0.717) is 12.8 Å². The summed E-state index contributed by atoms with van der Waals surface area (Å²) in [6.07, 6.45) is 1.47. The molecule has 0 aliphatic heterocycles. The number of carbonyl (C=O) groups is 2. The van der Waals surface area contributed by atoms with Gasteiger partial charge in [-0.2, -0.15) is 0 Å². The maximum Gasteiger partial charge on any atom is 0.305 e. The minimum atomic E-state index is -0.832. The molecule has 94 valence electrons. The molecule has 0 aliphatic rings. The third-order valence-corrected chi connectivity index (χ3v) is 1.90. The van der Waals surface area contributed by atoms with Crippen LogP contribution in [0, 0.1) is 0 Å². The molecular formula is C11H21NO4. The van der Waals surface area contributed by atoms with E-state index in [1.807, 2.05) is 13.8 Å². The van der Waals surface area contributed by atoms with Gasteiger partial charge in [0.05, 0.1) is 0 Å². The summed E-state index contributed by atoms with van der Waals surface area (Å²) in [4.78, 5) is 22.0. The van der Waals surface area contributed by atoms with E-state index in [0.717, 1.165) is 12.8 Å². The lowest BCUT2D eigenvalue weighted by Crippen LogP contribution is -2.34. The van der Waals surface area contributed by atoms with Crippen molar-refractivity contribution < 1.29 is 19.4 Å². The van der Waals surface area contributed by atoms with Crippen LogP contribution >= 0.6 is 0 Å². The summed E-state index contributed by atoms with van der Waals surface area (Å²) in [5.41, 5.74) is 0. The van der Waals surface area contributed by atoms with E-state index in [1.54, 1.807) is 0 Å². The summed E-state index contributed by atoms with van der Waals surface area (Å²) < 4.78 is 4.80. The summed E-state index contributed by atoms with van der Waals surface area (Å²) in [7, 11) is 0. The van der Waals surface area contributed by atoms with Gasteiger partial charge >= 0.3 is 5.97 Å². The second-order valence-electron chi connectivity index (χ2n) is 3.64. The molecule has 0 aliphatic carbocycles. The van der Waals surface area contributed by atoms with Crippen molar-refractivity contribution in [2.24, 2.45) is 0 Å². The fraction of sp³-hybridized carbons (Fsp3) is 0.818. The number of rotatable bonds is 8. The molecule has 0 aromatic heterocycles. The summed E-state index contributed by atoms with van der Waals surface area (Å²) in [6.45, 7) is 3.84. The van der Waals surface area contributed by atoms with Crippen LogP contribution in [0.4, 0.5) is 0 Å². The Morgan fingerprint density at radius 3 is 2.44 bits per heavy atom. The molecule has 0 aromatic carbocycles. The molecule has 1 amide bonds. The van der Waals surface area contributed by atoms with Gasteiger partial charge in [0.15, 0.2) is 0 Å². The lowest BCUT2D eigenvalue weighted by Gasteiger charge is -2.12. The highest BCUT2D eigenvalue weighted by Crippen LogP contribution is 1.93. The van der Waals surface area contributed by atoms with Gasteiger partial charge in [0.1, 0.15) is 12.7 Å². The molecule has 0 unspecified atom stereocenters. The fourth-order valence-electron chi connectivity index (χ4n) is 1.07. The molecule has 2 N–H and O–H groups in total. The number of hydrogen-bond donors (Lipinski definition) is 2. The number of carbonyl (C=O) groups excluding carboxylic acids is 2. The van der Waals surface area contributed by atoms with Crippen LogP contribution in [0.1, 0.15) is 39.5 Å². The van der Waals surface area contributed by atoms with Crippen molar-refractivity contribution in [3.63, 3.8) is 0 Å². The predicted octanol–water partition coefficient (Wildman–Crippen LogP) is 0.607. The van der Waals surface area contributed by atoms with Gasteiger partial charge in [-0.1, -0.05) is 13.8 Å². The van der Waals surface area contributed by atoms with E-state index < -0.39 is 6.10 Å². The summed E-state index contributed by atoms with van der Waals surface area (Å²) in [5.74, 6) is -0.414. The average molecular weight is 231 g/mol.